The van der Waals surface area contributed by atoms with Crippen molar-refractivity contribution in [2.75, 3.05) is 0 Å². The predicted octanol–water partition coefficient (Wildman–Crippen LogP) is 1.86. The molecule has 0 fully saturated rings. The SMILES string of the molecule is O=C([O-])[C@H]1Cc2ccccc2CN1S(=O)(=O)c1c(Cl)cccc1Cl. The minimum atomic E-state index is -4.21. The van der Waals surface area contributed by atoms with Gasteiger partial charge in [0.15, 0.2) is 0 Å². The van der Waals surface area contributed by atoms with E-state index in [0.29, 0.717) is 0 Å². The molecule has 0 saturated carbocycles. The number of halogens is 2. The van der Waals surface area contributed by atoms with Crippen LogP contribution in [0.1, 0.15) is 11.1 Å². The van der Waals surface area contributed by atoms with Gasteiger partial charge in [0.05, 0.1) is 22.1 Å². The largest absolute Gasteiger partial charge is 0.548 e. The molecule has 1 aliphatic heterocycles. The highest BCUT2D eigenvalue weighted by Crippen LogP contribution is 2.35. The molecule has 0 bridgehead atoms. The molecule has 1 atom stereocenters. The highest BCUT2D eigenvalue weighted by Gasteiger charge is 2.38. The van der Waals surface area contributed by atoms with Crippen molar-refractivity contribution >= 4 is 39.2 Å². The van der Waals surface area contributed by atoms with Crippen LogP contribution in [0, 0.1) is 0 Å². The molecule has 0 aliphatic carbocycles. The molecular formula is C16H12Cl2NO4S-. The van der Waals surface area contributed by atoms with Crippen molar-refractivity contribution in [1.82, 2.24) is 4.31 Å². The number of carbonyl (C=O) groups is 1. The monoisotopic (exact) mass is 384 g/mol. The fourth-order valence-corrected chi connectivity index (χ4v) is 5.45. The summed E-state index contributed by atoms with van der Waals surface area (Å²) in [5.74, 6) is -1.46. The van der Waals surface area contributed by atoms with Crippen molar-refractivity contribution < 1.29 is 18.3 Å². The fraction of sp³-hybridized carbons (Fsp3) is 0.188. The van der Waals surface area contributed by atoms with Crippen LogP contribution in [0.3, 0.4) is 0 Å². The maximum atomic E-state index is 13.0. The summed E-state index contributed by atoms with van der Waals surface area (Å²) in [6, 6.07) is 10.1. The molecule has 126 valence electrons. The van der Waals surface area contributed by atoms with E-state index >= 15 is 0 Å². The molecular weight excluding hydrogens is 373 g/mol. The summed E-state index contributed by atoms with van der Waals surface area (Å²) < 4.78 is 26.9. The van der Waals surface area contributed by atoms with E-state index in [0.717, 1.165) is 15.4 Å². The number of sulfonamides is 1. The van der Waals surface area contributed by atoms with E-state index in [-0.39, 0.29) is 27.9 Å². The normalized spacial score (nSPS) is 18.2. The number of carboxylic acids is 1. The molecule has 1 heterocycles. The highest BCUT2D eigenvalue weighted by atomic mass is 35.5. The van der Waals surface area contributed by atoms with E-state index in [9.17, 15) is 18.3 Å². The summed E-state index contributed by atoms with van der Waals surface area (Å²) in [7, 11) is -4.21. The number of rotatable bonds is 3. The van der Waals surface area contributed by atoms with Gasteiger partial charge in [0.1, 0.15) is 4.90 Å². The number of aliphatic carboxylic acids is 1. The molecule has 0 spiro atoms. The number of nitrogens with zero attached hydrogens (tertiary/aromatic N) is 1. The third kappa shape index (κ3) is 2.91. The molecule has 5 nitrogen and oxygen atoms in total. The van der Waals surface area contributed by atoms with Gasteiger partial charge < -0.3 is 9.90 Å². The lowest BCUT2D eigenvalue weighted by atomic mass is 9.96. The minimum absolute atomic E-state index is 0.0276. The average Bonchev–Trinajstić information content (AvgIpc) is 2.53. The van der Waals surface area contributed by atoms with Gasteiger partial charge >= 0.3 is 0 Å². The zero-order valence-corrected chi connectivity index (χ0v) is 14.6. The summed E-state index contributed by atoms with van der Waals surface area (Å²) in [4.78, 5) is 11.2. The lowest BCUT2D eigenvalue weighted by Gasteiger charge is -2.36. The van der Waals surface area contributed by atoms with Gasteiger partial charge in [0.25, 0.3) is 0 Å². The molecule has 0 saturated heterocycles. The maximum Gasteiger partial charge on any atom is 0.246 e. The summed E-state index contributed by atoms with van der Waals surface area (Å²) in [5, 5.41) is 11.4. The van der Waals surface area contributed by atoms with Crippen LogP contribution in [0.4, 0.5) is 0 Å². The summed E-state index contributed by atoms with van der Waals surface area (Å²) >= 11 is 12.0. The zero-order chi connectivity index (χ0) is 17.5. The second kappa shape index (κ2) is 6.37. The van der Waals surface area contributed by atoms with Crippen LogP contribution in [0.2, 0.25) is 10.0 Å². The molecule has 0 aromatic heterocycles. The summed E-state index contributed by atoms with van der Waals surface area (Å²) in [5.41, 5.74) is 1.52. The lowest BCUT2D eigenvalue weighted by Crippen LogP contribution is -2.53. The molecule has 8 heteroatoms. The van der Waals surface area contributed by atoms with Crippen LogP contribution >= 0.6 is 23.2 Å². The molecule has 0 N–H and O–H groups in total. The molecule has 0 unspecified atom stereocenters. The molecule has 0 amide bonds. The molecule has 2 aromatic carbocycles. The van der Waals surface area contributed by atoms with Gasteiger partial charge in [-0.25, -0.2) is 8.42 Å². The fourth-order valence-electron chi connectivity index (χ4n) is 2.80. The summed E-state index contributed by atoms with van der Waals surface area (Å²) in [6.45, 7) is -0.0846. The van der Waals surface area contributed by atoms with Crippen molar-refractivity contribution in [2.24, 2.45) is 0 Å². The molecule has 2 aromatic rings. The van der Waals surface area contributed by atoms with Gasteiger partial charge in [-0.05, 0) is 29.7 Å². The van der Waals surface area contributed by atoms with E-state index in [1.54, 1.807) is 24.3 Å². The topological polar surface area (TPSA) is 77.5 Å². The molecule has 24 heavy (non-hydrogen) atoms. The van der Waals surface area contributed by atoms with Gasteiger partial charge in [0.2, 0.25) is 10.0 Å². The Kier molecular flexibility index (Phi) is 4.57. The number of carbonyl (C=O) groups excluding carboxylic acids is 1. The Morgan fingerprint density at radius 3 is 2.21 bits per heavy atom. The van der Waals surface area contributed by atoms with Crippen LogP contribution in [-0.4, -0.2) is 24.7 Å². The first-order valence-electron chi connectivity index (χ1n) is 7.06. The van der Waals surface area contributed by atoms with E-state index in [2.05, 4.69) is 0 Å². The van der Waals surface area contributed by atoms with Crippen LogP contribution in [0.5, 0.6) is 0 Å². The van der Waals surface area contributed by atoms with E-state index in [4.69, 9.17) is 23.2 Å². The Morgan fingerprint density at radius 1 is 1.04 bits per heavy atom. The maximum absolute atomic E-state index is 13.0. The average molecular weight is 385 g/mol. The zero-order valence-electron chi connectivity index (χ0n) is 12.3. The van der Waals surface area contributed by atoms with E-state index in [1.807, 2.05) is 0 Å². The van der Waals surface area contributed by atoms with Gasteiger partial charge in [0, 0.05) is 6.54 Å². The Morgan fingerprint density at radius 2 is 1.62 bits per heavy atom. The minimum Gasteiger partial charge on any atom is -0.548 e. The second-order valence-corrected chi connectivity index (χ2v) is 8.05. The van der Waals surface area contributed by atoms with E-state index < -0.39 is 22.0 Å². The van der Waals surface area contributed by atoms with Gasteiger partial charge in [-0.15, -0.1) is 0 Å². The van der Waals surface area contributed by atoms with E-state index in [1.165, 1.54) is 18.2 Å². The van der Waals surface area contributed by atoms with Crippen LogP contribution in [-0.2, 0) is 27.8 Å². The van der Waals surface area contributed by atoms with Crippen molar-refractivity contribution in [3.05, 3.63) is 63.6 Å². The van der Waals surface area contributed by atoms with Gasteiger partial charge in [-0.3, -0.25) is 0 Å². The number of carboxylic acid groups (broad SMARTS) is 1. The second-order valence-electron chi connectivity index (χ2n) is 5.41. The quantitative estimate of drug-likeness (QED) is 0.808. The predicted molar refractivity (Wildman–Crippen MR) is 88.1 cm³/mol. The molecule has 1 aliphatic rings. The first-order chi connectivity index (χ1) is 11.3. The standard InChI is InChI=1S/C16H13Cl2NO4S/c17-12-6-3-7-13(18)15(12)24(22,23)19-9-11-5-2-1-4-10(11)8-14(19)16(20)21/h1-7,14H,8-9H2,(H,20,21)/p-1/t14-/m1/s1. The lowest BCUT2D eigenvalue weighted by molar-refractivity contribution is -0.310. The number of hydrogen-bond donors (Lipinski definition) is 0. The Labute approximate surface area is 149 Å². The van der Waals surface area contributed by atoms with Crippen molar-refractivity contribution in [3.63, 3.8) is 0 Å². The number of benzene rings is 2. The van der Waals surface area contributed by atoms with Crippen LogP contribution in [0.15, 0.2) is 47.4 Å². The van der Waals surface area contributed by atoms with Crippen molar-refractivity contribution in [1.29, 1.82) is 0 Å². The summed E-state index contributed by atoms with van der Waals surface area (Å²) in [6.07, 6.45) is 0.0276. The Balaban J connectivity index is 2.14. The van der Waals surface area contributed by atoms with Crippen molar-refractivity contribution in [3.8, 4) is 0 Å². The van der Waals surface area contributed by atoms with Crippen molar-refractivity contribution in [2.45, 2.75) is 23.9 Å². The highest BCUT2D eigenvalue weighted by molar-refractivity contribution is 7.89. The first kappa shape index (κ1) is 17.2. The first-order valence-corrected chi connectivity index (χ1v) is 9.25. The van der Waals surface area contributed by atoms with Gasteiger partial charge in [-0.1, -0.05) is 53.5 Å². The van der Waals surface area contributed by atoms with Gasteiger partial charge in [-0.2, -0.15) is 4.31 Å². The molecule has 3 rings (SSSR count). The smallest absolute Gasteiger partial charge is 0.246 e. The number of fused-ring (bicyclic) bond motifs is 1. The van der Waals surface area contributed by atoms with Crippen LogP contribution in [0.25, 0.3) is 0 Å². The van der Waals surface area contributed by atoms with Crippen LogP contribution < -0.4 is 5.11 Å². The molecule has 0 radical (unpaired) electrons. The number of hydrogen-bond acceptors (Lipinski definition) is 4. The third-order valence-corrected chi connectivity index (χ3v) is 6.77. The Bertz CT molecular complexity index is 894. The Hall–Kier alpha value is -1.60. The third-order valence-electron chi connectivity index (χ3n) is 3.96.